The smallest absolute Gasteiger partial charge is 0.248 e. The Hall–Kier alpha value is -3.35. The Labute approximate surface area is 157 Å². The third kappa shape index (κ3) is 3.62. The van der Waals surface area contributed by atoms with Crippen LogP contribution in [-0.2, 0) is 9.59 Å². The molecule has 0 saturated carbocycles. The Morgan fingerprint density at radius 2 is 1.85 bits per heavy atom. The summed E-state index contributed by atoms with van der Waals surface area (Å²) in [7, 11) is 4.82. The Balaban J connectivity index is 2.19. The molecule has 0 spiro atoms. The second-order valence-corrected chi connectivity index (χ2v) is 6.10. The van der Waals surface area contributed by atoms with Gasteiger partial charge in [0.25, 0.3) is 0 Å². The summed E-state index contributed by atoms with van der Waals surface area (Å²) >= 11 is 0. The summed E-state index contributed by atoms with van der Waals surface area (Å²) in [6, 6.07) is 10.9. The number of ether oxygens (including phenoxy) is 2. The SMILES string of the molecule is COc1cc2c(cc1OC)N(C)C(=O)CN=C2c1cccc(NC(C)=O)c1. The average Bonchev–Trinajstić information content (AvgIpc) is 2.77. The molecule has 0 radical (unpaired) electrons. The Bertz CT molecular complexity index is 937. The van der Waals surface area contributed by atoms with E-state index in [0.29, 0.717) is 28.6 Å². The fraction of sp³-hybridized carbons (Fsp3) is 0.250. The van der Waals surface area contributed by atoms with E-state index in [1.165, 1.54) is 6.92 Å². The zero-order valence-corrected chi connectivity index (χ0v) is 15.7. The van der Waals surface area contributed by atoms with Gasteiger partial charge in [0.1, 0.15) is 6.54 Å². The first-order valence-corrected chi connectivity index (χ1v) is 8.40. The first-order chi connectivity index (χ1) is 12.9. The second-order valence-electron chi connectivity index (χ2n) is 6.10. The van der Waals surface area contributed by atoms with Crippen LogP contribution in [0.4, 0.5) is 11.4 Å². The van der Waals surface area contributed by atoms with E-state index in [-0.39, 0.29) is 18.4 Å². The molecule has 2 amide bonds. The van der Waals surface area contributed by atoms with Crippen molar-refractivity contribution in [2.75, 3.05) is 38.0 Å². The molecule has 27 heavy (non-hydrogen) atoms. The van der Waals surface area contributed by atoms with Crippen LogP contribution in [0.5, 0.6) is 11.5 Å². The number of carbonyl (C=O) groups is 2. The number of anilines is 2. The Kier molecular flexibility index (Phi) is 5.12. The van der Waals surface area contributed by atoms with E-state index in [2.05, 4.69) is 10.3 Å². The van der Waals surface area contributed by atoms with Gasteiger partial charge in [-0.05, 0) is 18.2 Å². The molecule has 0 saturated heterocycles. The average molecular weight is 367 g/mol. The predicted octanol–water partition coefficient (Wildman–Crippen LogP) is 2.48. The number of nitrogens with zero attached hydrogens (tertiary/aromatic N) is 2. The van der Waals surface area contributed by atoms with Gasteiger partial charge in [-0.25, -0.2) is 0 Å². The molecular weight excluding hydrogens is 346 g/mol. The van der Waals surface area contributed by atoms with Gasteiger partial charge in [0.2, 0.25) is 11.8 Å². The van der Waals surface area contributed by atoms with Gasteiger partial charge < -0.3 is 19.7 Å². The highest BCUT2D eigenvalue weighted by atomic mass is 16.5. The summed E-state index contributed by atoms with van der Waals surface area (Å²) in [5, 5.41) is 2.77. The van der Waals surface area contributed by atoms with Crippen LogP contribution in [0.2, 0.25) is 0 Å². The van der Waals surface area contributed by atoms with Crippen molar-refractivity contribution >= 4 is 28.9 Å². The number of likely N-dealkylation sites (N-methyl/N-ethyl adjacent to an activating group) is 1. The lowest BCUT2D eigenvalue weighted by Crippen LogP contribution is -2.27. The number of methoxy groups -OCH3 is 2. The van der Waals surface area contributed by atoms with Crippen LogP contribution < -0.4 is 19.7 Å². The maximum absolute atomic E-state index is 12.4. The summed E-state index contributed by atoms with van der Waals surface area (Å²) in [6.45, 7) is 1.48. The maximum Gasteiger partial charge on any atom is 0.248 e. The van der Waals surface area contributed by atoms with Crippen LogP contribution in [-0.4, -0.2) is 45.3 Å². The summed E-state index contributed by atoms with van der Waals surface area (Å²) in [5.74, 6) is 0.794. The van der Waals surface area contributed by atoms with Crippen molar-refractivity contribution in [1.82, 2.24) is 0 Å². The number of amides is 2. The van der Waals surface area contributed by atoms with Gasteiger partial charge in [0.15, 0.2) is 11.5 Å². The molecule has 0 fully saturated rings. The van der Waals surface area contributed by atoms with Crippen molar-refractivity contribution in [2.24, 2.45) is 4.99 Å². The molecule has 0 atom stereocenters. The van der Waals surface area contributed by atoms with Crippen LogP contribution in [0.1, 0.15) is 18.1 Å². The van der Waals surface area contributed by atoms with Crippen molar-refractivity contribution in [3.05, 3.63) is 47.5 Å². The lowest BCUT2D eigenvalue weighted by atomic mass is 9.99. The van der Waals surface area contributed by atoms with E-state index in [4.69, 9.17) is 9.47 Å². The van der Waals surface area contributed by atoms with Gasteiger partial charge in [-0.15, -0.1) is 0 Å². The highest BCUT2D eigenvalue weighted by Crippen LogP contribution is 2.37. The Morgan fingerprint density at radius 1 is 1.15 bits per heavy atom. The van der Waals surface area contributed by atoms with E-state index >= 15 is 0 Å². The normalized spacial score (nSPS) is 13.4. The number of benzodiazepines with no additional fused rings is 1. The van der Waals surface area contributed by atoms with Gasteiger partial charge in [0.05, 0.1) is 25.6 Å². The van der Waals surface area contributed by atoms with Crippen LogP contribution in [0.3, 0.4) is 0 Å². The maximum atomic E-state index is 12.4. The van der Waals surface area contributed by atoms with Crippen molar-refractivity contribution in [2.45, 2.75) is 6.92 Å². The van der Waals surface area contributed by atoms with Crippen molar-refractivity contribution in [1.29, 1.82) is 0 Å². The molecule has 1 heterocycles. The molecule has 140 valence electrons. The number of benzene rings is 2. The zero-order chi connectivity index (χ0) is 19.6. The number of hydrogen-bond acceptors (Lipinski definition) is 5. The molecule has 1 aliphatic rings. The van der Waals surface area contributed by atoms with E-state index in [9.17, 15) is 9.59 Å². The summed E-state index contributed by atoms with van der Waals surface area (Å²) < 4.78 is 10.8. The van der Waals surface area contributed by atoms with Crippen LogP contribution >= 0.6 is 0 Å². The van der Waals surface area contributed by atoms with Crippen molar-refractivity contribution < 1.29 is 19.1 Å². The summed E-state index contributed by atoms with van der Waals surface area (Å²) in [6.07, 6.45) is 0. The molecule has 2 aromatic carbocycles. The van der Waals surface area contributed by atoms with Gasteiger partial charge in [-0.1, -0.05) is 12.1 Å². The number of fused-ring (bicyclic) bond motifs is 1. The predicted molar refractivity (Wildman–Crippen MR) is 104 cm³/mol. The number of aliphatic imine (C=N–C) groups is 1. The topological polar surface area (TPSA) is 80.2 Å². The minimum atomic E-state index is -0.156. The minimum absolute atomic E-state index is 0.0233. The van der Waals surface area contributed by atoms with Crippen molar-refractivity contribution in [3.8, 4) is 11.5 Å². The van der Waals surface area contributed by atoms with Gasteiger partial charge in [0, 0.05) is 36.9 Å². The largest absolute Gasteiger partial charge is 0.493 e. The highest BCUT2D eigenvalue weighted by Gasteiger charge is 2.25. The summed E-state index contributed by atoms with van der Waals surface area (Å²) in [4.78, 5) is 29.9. The molecule has 0 bridgehead atoms. The Morgan fingerprint density at radius 3 is 2.52 bits per heavy atom. The van der Waals surface area contributed by atoms with Crippen LogP contribution in [0.15, 0.2) is 41.4 Å². The number of carbonyl (C=O) groups excluding carboxylic acids is 2. The van der Waals surface area contributed by atoms with E-state index < -0.39 is 0 Å². The van der Waals surface area contributed by atoms with Crippen LogP contribution in [0, 0.1) is 0 Å². The fourth-order valence-corrected chi connectivity index (χ4v) is 3.00. The quantitative estimate of drug-likeness (QED) is 0.900. The van der Waals surface area contributed by atoms with Gasteiger partial charge in [-0.3, -0.25) is 14.6 Å². The number of nitrogens with one attached hydrogen (secondary N) is 1. The highest BCUT2D eigenvalue weighted by molar-refractivity contribution is 6.20. The monoisotopic (exact) mass is 367 g/mol. The first kappa shape index (κ1) is 18.4. The zero-order valence-electron chi connectivity index (χ0n) is 15.7. The molecule has 0 unspecified atom stereocenters. The molecule has 1 N–H and O–H groups in total. The third-order valence-electron chi connectivity index (χ3n) is 4.32. The molecule has 0 aromatic heterocycles. The summed E-state index contributed by atoms with van der Waals surface area (Å²) in [5.41, 5.74) is 3.53. The molecule has 2 aromatic rings. The fourth-order valence-electron chi connectivity index (χ4n) is 3.00. The molecule has 0 aliphatic carbocycles. The van der Waals surface area contributed by atoms with E-state index in [1.54, 1.807) is 38.3 Å². The third-order valence-corrected chi connectivity index (χ3v) is 4.32. The number of hydrogen-bond donors (Lipinski definition) is 1. The molecule has 3 rings (SSSR count). The lowest BCUT2D eigenvalue weighted by Gasteiger charge is -2.20. The molecule has 7 heteroatoms. The van der Waals surface area contributed by atoms with Crippen molar-refractivity contribution in [3.63, 3.8) is 0 Å². The van der Waals surface area contributed by atoms with Gasteiger partial charge >= 0.3 is 0 Å². The van der Waals surface area contributed by atoms with E-state index in [1.807, 2.05) is 24.3 Å². The van der Waals surface area contributed by atoms with Gasteiger partial charge in [-0.2, -0.15) is 0 Å². The van der Waals surface area contributed by atoms with E-state index in [0.717, 1.165) is 11.1 Å². The first-order valence-electron chi connectivity index (χ1n) is 8.40. The molecule has 1 aliphatic heterocycles. The van der Waals surface area contributed by atoms with Crippen LogP contribution in [0.25, 0.3) is 0 Å². The minimum Gasteiger partial charge on any atom is -0.493 e. The standard InChI is InChI=1S/C20H21N3O4/c1-12(24)22-14-7-5-6-13(8-14)20-15-9-17(26-3)18(27-4)10-16(15)23(2)19(25)11-21-20/h5-10H,11H2,1-4H3,(H,22,24). The second kappa shape index (κ2) is 7.49. The molecule has 7 nitrogen and oxygen atoms in total. The lowest BCUT2D eigenvalue weighted by molar-refractivity contribution is -0.117. The molecular formula is C20H21N3O4. The number of rotatable bonds is 4.